The summed E-state index contributed by atoms with van der Waals surface area (Å²) in [5, 5.41) is 10.5. The Morgan fingerprint density at radius 1 is 1.16 bits per heavy atom. The highest BCUT2D eigenvalue weighted by molar-refractivity contribution is 5.79. The Bertz CT molecular complexity index is 976. The van der Waals surface area contributed by atoms with Crippen LogP contribution in [-0.4, -0.2) is 43.1 Å². The van der Waals surface area contributed by atoms with E-state index < -0.39 is 6.61 Å². The third-order valence-electron chi connectivity index (χ3n) is 4.57. The first kappa shape index (κ1) is 22.1. The van der Waals surface area contributed by atoms with Crippen LogP contribution in [0.25, 0.3) is 5.69 Å². The van der Waals surface area contributed by atoms with Crippen molar-refractivity contribution in [3.05, 3.63) is 72.1 Å². The first-order chi connectivity index (χ1) is 15.1. The molecule has 31 heavy (non-hydrogen) atoms. The van der Waals surface area contributed by atoms with Gasteiger partial charge < -0.3 is 20.1 Å². The molecule has 0 bridgehead atoms. The van der Waals surface area contributed by atoms with Gasteiger partial charge >= 0.3 is 6.61 Å². The Labute approximate surface area is 179 Å². The van der Waals surface area contributed by atoms with Crippen LogP contribution in [0.15, 0.2) is 65.9 Å². The molecule has 0 spiro atoms. The number of aliphatic imine (C=N–C) groups is 1. The van der Waals surface area contributed by atoms with Gasteiger partial charge in [0.1, 0.15) is 11.5 Å². The molecule has 0 unspecified atom stereocenters. The van der Waals surface area contributed by atoms with E-state index in [1.165, 1.54) is 18.7 Å². The van der Waals surface area contributed by atoms with E-state index in [0.717, 1.165) is 12.1 Å². The summed E-state index contributed by atoms with van der Waals surface area (Å²) in [5.41, 5.74) is 2.70. The highest BCUT2D eigenvalue weighted by Gasteiger charge is 2.11. The molecule has 2 N–H and O–H groups in total. The van der Waals surface area contributed by atoms with Crippen LogP contribution in [0.1, 0.15) is 11.1 Å². The molecule has 2 aromatic carbocycles. The Morgan fingerprint density at radius 2 is 1.97 bits per heavy atom. The number of aromatic nitrogens is 2. The number of rotatable bonds is 9. The number of halogens is 2. The average molecular weight is 429 g/mol. The summed E-state index contributed by atoms with van der Waals surface area (Å²) in [5.74, 6) is 1.20. The van der Waals surface area contributed by atoms with Crippen molar-refractivity contribution >= 4 is 5.96 Å². The smallest absolute Gasteiger partial charge is 0.387 e. The minimum atomic E-state index is -2.90. The van der Waals surface area contributed by atoms with Gasteiger partial charge in [-0.15, -0.1) is 0 Å². The number of guanidine groups is 1. The third-order valence-corrected chi connectivity index (χ3v) is 4.57. The van der Waals surface area contributed by atoms with Crippen LogP contribution in [-0.2, 0) is 13.0 Å². The van der Waals surface area contributed by atoms with E-state index in [9.17, 15) is 8.78 Å². The van der Waals surface area contributed by atoms with Crippen molar-refractivity contribution < 1.29 is 18.3 Å². The molecule has 7 nitrogen and oxygen atoms in total. The van der Waals surface area contributed by atoms with Crippen LogP contribution in [0.2, 0.25) is 0 Å². The molecular formula is C22H25F2N5O2. The van der Waals surface area contributed by atoms with Crippen molar-refractivity contribution in [2.75, 3.05) is 20.7 Å². The fourth-order valence-electron chi connectivity index (χ4n) is 2.99. The van der Waals surface area contributed by atoms with Crippen molar-refractivity contribution in [1.82, 2.24) is 20.4 Å². The Kier molecular flexibility index (Phi) is 7.80. The van der Waals surface area contributed by atoms with Crippen molar-refractivity contribution in [2.24, 2.45) is 4.99 Å². The fraction of sp³-hybridized carbons (Fsp3) is 0.273. The Morgan fingerprint density at radius 3 is 2.61 bits per heavy atom. The minimum Gasteiger partial charge on any atom is -0.497 e. The van der Waals surface area contributed by atoms with E-state index in [-0.39, 0.29) is 12.3 Å². The highest BCUT2D eigenvalue weighted by atomic mass is 19.3. The van der Waals surface area contributed by atoms with Gasteiger partial charge in [0.05, 0.1) is 12.8 Å². The normalized spacial score (nSPS) is 11.5. The molecule has 3 aromatic rings. The molecule has 0 saturated heterocycles. The highest BCUT2D eigenvalue weighted by Crippen LogP contribution is 2.25. The van der Waals surface area contributed by atoms with Crippen molar-refractivity contribution in [3.63, 3.8) is 0 Å². The zero-order valence-corrected chi connectivity index (χ0v) is 17.4. The number of methoxy groups -OCH3 is 1. The summed E-state index contributed by atoms with van der Waals surface area (Å²) in [6, 6.07) is 14.7. The number of nitrogens with zero attached hydrogens (tertiary/aromatic N) is 3. The summed E-state index contributed by atoms with van der Waals surface area (Å²) in [6.07, 6.45) is 4.43. The second-order valence-corrected chi connectivity index (χ2v) is 6.57. The number of nitrogens with one attached hydrogen (secondary N) is 2. The largest absolute Gasteiger partial charge is 0.497 e. The molecule has 0 aliphatic carbocycles. The number of hydrogen-bond donors (Lipinski definition) is 2. The lowest BCUT2D eigenvalue weighted by atomic mass is 10.1. The van der Waals surface area contributed by atoms with Gasteiger partial charge in [-0.2, -0.15) is 13.9 Å². The van der Waals surface area contributed by atoms with Crippen LogP contribution in [0.4, 0.5) is 8.78 Å². The van der Waals surface area contributed by atoms with Gasteiger partial charge in [-0.25, -0.2) is 4.68 Å². The van der Waals surface area contributed by atoms with Crippen LogP contribution >= 0.6 is 0 Å². The van der Waals surface area contributed by atoms with Gasteiger partial charge in [0.15, 0.2) is 5.96 Å². The summed E-state index contributed by atoms with van der Waals surface area (Å²) < 4.78 is 36.9. The summed E-state index contributed by atoms with van der Waals surface area (Å²) in [4.78, 5) is 4.18. The predicted molar refractivity (Wildman–Crippen MR) is 115 cm³/mol. The summed E-state index contributed by atoms with van der Waals surface area (Å²) in [6.45, 7) is -2.00. The molecule has 0 saturated carbocycles. The number of ether oxygens (including phenoxy) is 2. The second kappa shape index (κ2) is 11.0. The van der Waals surface area contributed by atoms with Crippen LogP contribution in [0, 0.1) is 0 Å². The van der Waals surface area contributed by atoms with E-state index in [1.807, 2.05) is 24.4 Å². The Hall–Kier alpha value is -3.62. The third kappa shape index (κ3) is 6.43. The van der Waals surface area contributed by atoms with Gasteiger partial charge in [0, 0.05) is 38.1 Å². The average Bonchev–Trinajstić information content (AvgIpc) is 3.32. The maximum Gasteiger partial charge on any atom is 0.387 e. The van der Waals surface area contributed by atoms with Gasteiger partial charge in [0.25, 0.3) is 0 Å². The lowest BCUT2D eigenvalue weighted by Gasteiger charge is -2.15. The standard InChI is InChI=1S/C22H25F2N5O2/c1-25-22(27-15-17-14-19(30-2)8-9-20(17)31-21(23)24)26-12-10-16-4-6-18(7-5-16)29-13-3-11-28-29/h3-9,11,13-14,21H,10,12,15H2,1-2H3,(H2,25,26,27). The predicted octanol–water partition coefficient (Wildman–Crippen LogP) is 3.39. The lowest BCUT2D eigenvalue weighted by Crippen LogP contribution is -2.38. The summed E-state index contributed by atoms with van der Waals surface area (Å²) in [7, 11) is 3.17. The topological polar surface area (TPSA) is 72.7 Å². The first-order valence-corrected chi connectivity index (χ1v) is 9.74. The molecule has 164 valence electrons. The van der Waals surface area contributed by atoms with Crippen LogP contribution < -0.4 is 20.1 Å². The molecule has 0 aliphatic heterocycles. The molecule has 0 radical (unpaired) electrons. The van der Waals surface area contributed by atoms with E-state index in [4.69, 9.17) is 4.74 Å². The van der Waals surface area contributed by atoms with E-state index >= 15 is 0 Å². The van der Waals surface area contributed by atoms with E-state index in [0.29, 0.717) is 23.8 Å². The molecule has 1 aromatic heterocycles. The SMILES string of the molecule is CN=C(NCCc1ccc(-n2cccn2)cc1)NCc1cc(OC)ccc1OC(F)F. The van der Waals surface area contributed by atoms with Crippen LogP contribution in [0.5, 0.6) is 11.5 Å². The molecule has 0 aliphatic rings. The van der Waals surface area contributed by atoms with Gasteiger partial charge in [-0.05, 0) is 48.4 Å². The summed E-state index contributed by atoms with van der Waals surface area (Å²) >= 11 is 0. The monoisotopic (exact) mass is 429 g/mol. The molecule has 3 rings (SSSR count). The first-order valence-electron chi connectivity index (χ1n) is 9.74. The van der Waals surface area contributed by atoms with Crippen LogP contribution in [0.3, 0.4) is 0 Å². The Balaban J connectivity index is 1.52. The van der Waals surface area contributed by atoms with E-state index in [1.54, 1.807) is 30.1 Å². The molecular weight excluding hydrogens is 404 g/mol. The van der Waals surface area contributed by atoms with Gasteiger partial charge in [0.2, 0.25) is 0 Å². The molecule has 9 heteroatoms. The van der Waals surface area contributed by atoms with Gasteiger partial charge in [-0.3, -0.25) is 4.99 Å². The quantitative estimate of drug-likeness (QED) is 0.403. The molecule has 1 heterocycles. The molecule has 0 amide bonds. The maximum atomic E-state index is 12.7. The van der Waals surface area contributed by atoms with Gasteiger partial charge in [-0.1, -0.05) is 12.1 Å². The lowest BCUT2D eigenvalue weighted by molar-refractivity contribution is -0.0504. The molecule has 0 atom stereocenters. The van der Waals surface area contributed by atoms with E-state index in [2.05, 4.69) is 37.6 Å². The number of benzene rings is 2. The fourth-order valence-corrected chi connectivity index (χ4v) is 2.99. The van der Waals surface area contributed by atoms with Crippen molar-refractivity contribution in [1.29, 1.82) is 0 Å². The maximum absolute atomic E-state index is 12.7. The second-order valence-electron chi connectivity index (χ2n) is 6.57. The minimum absolute atomic E-state index is 0.0935. The number of hydrogen-bond acceptors (Lipinski definition) is 4. The zero-order valence-electron chi connectivity index (χ0n) is 17.4. The molecule has 0 fully saturated rings. The van der Waals surface area contributed by atoms with Crippen molar-refractivity contribution in [2.45, 2.75) is 19.6 Å². The number of alkyl halides is 2. The zero-order chi connectivity index (χ0) is 22.1. The van der Waals surface area contributed by atoms with Crippen molar-refractivity contribution in [3.8, 4) is 17.2 Å².